The van der Waals surface area contributed by atoms with Crippen molar-refractivity contribution in [2.24, 2.45) is 4.99 Å². The molecule has 0 spiro atoms. The molecule has 8 heteroatoms. The van der Waals surface area contributed by atoms with E-state index in [1.54, 1.807) is 43.4 Å². The minimum atomic E-state index is -0.247. The molecular formula is C30H31N3O4S. The fraction of sp³-hybridized carbons (Fsp3) is 0.233. The normalized spacial score (nSPS) is 14.4. The molecule has 1 heterocycles. The molecule has 0 radical (unpaired) electrons. The van der Waals surface area contributed by atoms with Crippen molar-refractivity contribution in [2.45, 2.75) is 26.2 Å². The maximum absolute atomic E-state index is 13.4. The summed E-state index contributed by atoms with van der Waals surface area (Å²) >= 11 is 1.20. The van der Waals surface area contributed by atoms with Crippen molar-refractivity contribution in [3.05, 3.63) is 89.6 Å². The lowest BCUT2D eigenvalue weighted by atomic mass is 9.87. The molecule has 196 valence electrons. The number of para-hydroxylation sites is 1. The molecule has 38 heavy (non-hydrogen) atoms. The highest BCUT2D eigenvalue weighted by Crippen LogP contribution is 2.31. The van der Waals surface area contributed by atoms with E-state index < -0.39 is 0 Å². The zero-order valence-corrected chi connectivity index (χ0v) is 23.0. The number of ether oxygens (including phenoxy) is 2. The number of hydrogen-bond acceptors (Lipinski definition) is 6. The Bertz CT molecular complexity index is 1350. The van der Waals surface area contributed by atoms with E-state index in [4.69, 9.17) is 9.47 Å². The Balaban J connectivity index is 1.55. The number of nitrogens with one attached hydrogen (secondary N) is 1. The van der Waals surface area contributed by atoms with Gasteiger partial charge in [0, 0.05) is 23.9 Å². The van der Waals surface area contributed by atoms with Gasteiger partial charge in [0.15, 0.2) is 5.17 Å². The van der Waals surface area contributed by atoms with Crippen LogP contribution >= 0.6 is 11.8 Å². The average molecular weight is 530 g/mol. The predicted octanol–water partition coefficient (Wildman–Crippen LogP) is 6.12. The summed E-state index contributed by atoms with van der Waals surface area (Å²) in [7, 11) is 3.10. The Labute approximate surface area is 227 Å². The van der Waals surface area contributed by atoms with Gasteiger partial charge in [-0.25, -0.2) is 4.99 Å². The van der Waals surface area contributed by atoms with Crippen LogP contribution in [0.4, 0.5) is 11.4 Å². The zero-order chi connectivity index (χ0) is 27.3. The summed E-state index contributed by atoms with van der Waals surface area (Å²) in [5.74, 6) is 0.709. The molecule has 7 nitrogen and oxygen atoms in total. The van der Waals surface area contributed by atoms with Crippen molar-refractivity contribution >= 4 is 46.2 Å². The lowest BCUT2D eigenvalue weighted by molar-refractivity contribution is -0.114. The minimum Gasteiger partial charge on any atom is -0.497 e. The van der Waals surface area contributed by atoms with E-state index in [0.29, 0.717) is 33.7 Å². The fourth-order valence-electron chi connectivity index (χ4n) is 3.84. The number of nitrogens with zero attached hydrogens (tertiary/aromatic N) is 2. The topological polar surface area (TPSA) is 80.2 Å². The molecule has 3 aromatic rings. The summed E-state index contributed by atoms with van der Waals surface area (Å²) in [6, 6.07) is 22.6. The van der Waals surface area contributed by atoms with Crippen LogP contribution in [-0.2, 0) is 15.0 Å². The second kappa shape index (κ2) is 11.6. The van der Waals surface area contributed by atoms with Crippen LogP contribution < -0.4 is 19.7 Å². The first-order valence-electron chi connectivity index (χ1n) is 12.1. The second-order valence-electron chi connectivity index (χ2n) is 9.71. The van der Waals surface area contributed by atoms with Crippen molar-refractivity contribution < 1.29 is 19.1 Å². The van der Waals surface area contributed by atoms with Crippen LogP contribution in [0.25, 0.3) is 6.08 Å². The van der Waals surface area contributed by atoms with E-state index in [1.165, 1.54) is 17.3 Å². The van der Waals surface area contributed by atoms with E-state index in [0.717, 1.165) is 5.56 Å². The molecule has 1 aliphatic rings. The van der Waals surface area contributed by atoms with Crippen LogP contribution in [0, 0.1) is 0 Å². The molecule has 0 saturated heterocycles. The standard InChI is InChI=1S/C30H31N3O4S/c1-30(2,3)21-13-11-20(12-14-21)15-26-28(35)33(23-9-7-6-8-10-23)29(32-26)38-19-27(34)31-22-16-24(36-4)18-25(17-22)37-5/h6-18H,19H2,1-5H3,(H,31,34)/b26-15+. The average Bonchev–Trinajstić information content (AvgIpc) is 3.22. The molecule has 3 aromatic carbocycles. The number of amides is 2. The highest BCUT2D eigenvalue weighted by atomic mass is 32.2. The van der Waals surface area contributed by atoms with Crippen molar-refractivity contribution in [1.82, 2.24) is 0 Å². The van der Waals surface area contributed by atoms with Gasteiger partial charge in [0.05, 0.1) is 25.7 Å². The lowest BCUT2D eigenvalue weighted by Crippen LogP contribution is -2.31. The smallest absolute Gasteiger partial charge is 0.283 e. The Hall–Kier alpha value is -4.04. The van der Waals surface area contributed by atoms with Crippen molar-refractivity contribution in [3.63, 3.8) is 0 Å². The Kier molecular flexibility index (Phi) is 8.22. The summed E-state index contributed by atoms with van der Waals surface area (Å²) in [5.41, 5.74) is 3.69. The summed E-state index contributed by atoms with van der Waals surface area (Å²) in [5, 5.41) is 3.30. The quantitative estimate of drug-likeness (QED) is 0.373. The number of carbonyl (C=O) groups excluding carboxylic acids is 2. The third kappa shape index (κ3) is 6.44. The van der Waals surface area contributed by atoms with E-state index >= 15 is 0 Å². The third-order valence-electron chi connectivity index (χ3n) is 5.89. The molecule has 1 N–H and O–H groups in total. The van der Waals surface area contributed by atoms with Gasteiger partial charge >= 0.3 is 0 Å². The van der Waals surface area contributed by atoms with Gasteiger partial charge in [0.2, 0.25) is 5.91 Å². The highest BCUT2D eigenvalue weighted by Gasteiger charge is 2.32. The number of carbonyl (C=O) groups is 2. The van der Waals surface area contributed by atoms with Crippen molar-refractivity contribution in [1.29, 1.82) is 0 Å². The first-order valence-corrected chi connectivity index (χ1v) is 13.1. The first-order chi connectivity index (χ1) is 18.2. The van der Waals surface area contributed by atoms with Gasteiger partial charge in [0.25, 0.3) is 5.91 Å². The van der Waals surface area contributed by atoms with Gasteiger partial charge in [-0.05, 0) is 34.8 Å². The number of benzene rings is 3. The Morgan fingerprint density at radius 2 is 1.61 bits per heavy atom. The van der Waals surface area contributed by atoms with Gasteiger partial charge in [-0.2, -0.15) is 0 Å². The van der Waals surface area contributed by atoms with Crippen LogP contribution in [0.2, 0.25) is 0 Å². The zero-order valence-electron chi connectivity index (χ0n) is 22.1. The van der Waals surface area contributed by atoms with Gasteiger partial charge in [-0.15, -0.1) is 0 Å². The van der Waals surface area contributed by atoms with Gasteiger partial charge in [-0.1, -0.05) is 75.0 Å². The predicted molar refractivity (Wildman–Crippen MR) is 155 cm³/mol. The summed E-state index contributed by atoms with van der Waals surface area (Å²) in [6.45, 7) is 6.48. The van der Waals surface area contributed by atoms with Gasteiger partial charge < -0.3 is 14.8 Å². The van der Waals surface area contributed by atoms with Crippen LogP contribution in [0.1, 0.15) is 31.9 Å². The van der Waals surface area contributed by atoms with E-state index in [9.17, 15) is 9.59 Å². The van der Waals surface area contributed by atoms with Gasteiger partial charge in [0.1, 0.15) is 17.2 Å². The molecule has 0 atom stereocenters. The number of rotatable bonds is 7. The molecular weight excluding hydrogens is 498 g/mol. The number of aliphatic imine (C=N–C) groups is 1. The molecule has 0 aromatic heterocycles. The fourth-order valence-corrected chi connectivity index (χ4v) is 4.65. The summed E-state index contributed by atoms with van der Waals surface area (Å²) in [4.78, 5) is 32.4. The summed E-state index contributed by atoms with van der Waals surface area (Å²) < 4.78 is 10.5. The van der Waals surface area contributed by atoms with Gasteiger partial charge in [-0.3, -0.25) is 14.5 Å². The number of methoxy groups -OCH3 is 2. The molecule has 0 unspecified atom stereocenters. The minimum absolute atomic E-state index is 0.0392. The Morgan fingerprint density at radius 1 is 0.974 bits per heavy atom. The second-order valence-corrected chi connectivity index (χ2v) is 10.7. The highest BCUT2D eigenvalue weighted by molar-refractivity contribution is 8.14. The van der Waals surface area contributed by atoms with Crippen LogP contribution in [0.15, 0.2) is 83.5 Å². The SMILES string of the molecule is COc1cc(NC(=O)CSC2=N/C(=C/c3ccc(C(C)(C)C)cc3)C(=O)N2c2ccccc2)cc(OC)c1. The lowest BCUT2D eigenvalue weighted by Gasteiger charge is -2.18. The largest absolute Gasteiger partial charge is 0.497 e. The number of amidine groups is 1. The third-order valence-corrected chi connectivity index (χ3v) is 6.83. The van der Waals surface area contributed by atoms with Crippen molar-refractivity contribution in [3.8, 4) is 11.5 Å². The number of anilines is 2. The van der Waals surface area contributed by atoms with Crippen LogP contribution in [0.5, 0.6) is 11.5 Å². The maximum atomic E-state index is 13.4. The van der Waals surface area contributed by atoms with Crippen molar-refractivity contribution in [2.75, 3.05) is 30.2 Å². The monoisotopic (exact) mass is 529 g/mol. The van der Waals surface area contributed by atoms with E-state index in [2.05, 4.69) is 43.2 Å². The molecule has 0 aliphatic carbocycles. The maximum Gasteiger partial charge on any atom is 0.283 e. The summed E-state index contributed by atoms with van der Waals surface area (Å²) in [6.07, 6.45) is 1.78. The number of hydrogen-bond donors (Lipinski definition) is 1. The molecule has 0 saturated carbocycles. The first kappa shape index (κ1) is 27.0. The molecule has 2 amide bonds. The number of thioether (sulfide) groups is 1. The molecule has 1 aliphatic heterocycles. The molecule has 0 fully saturated rings. The van der Waals surface area contributed by atoms with Crippen LogP contribution in [-0.4, -0.2) is 37.0 Å². The molecule has 4 rings (SSSR count). The van der Waals surface area contributed by atoms with E-state index in [1.807, 2.05) is 42.5 Å². The Morgan fingerprint density at radius 3 is 2.18 bits per heavy atom. The van der Waals surface area contributed by atoms with E-state index in [-0.39, 0.29) is 23.0 Å². The molecule has 0 bridgehead atoms. The van der Waals surface area contributed by atoms with Crippen LogP contribution in [0.3, 0.4) is 0 Å².